The zero-order valence-corrected chi connectivity index (χ0v) is 17.7. The fourth-order valence-electron chi connectivity index (χ4n) is 3.17. The van der Waals surface area contributed by atoms with Crippen LogP contribution in [0, 0.1) is 0 Å². The minimum atomic E-state index is -3.89. The molecule has 2 heterocycles. The van der Waals surface area contributed by atoms with Gasteiger partial charge < -0.3 is 5.32 Å². The molecule has 164 valence electrons. The molecule has 0 fully saturated rings. The summed E-state index contributed by atoms with van der Waals surface area (Å²) in [5.41, 5.74) is 2.91. The van der Waals surface area contributed by atoms with Gasteiger partial charge in [-0.05, 0) is 60.7 Å². The van der Waals surface area contributed by atoms with E-state index in [-0.39, 0.29) is 16.5 Å². The Kier molecular flexibility index (Phi) is 5.03. The molecule has 1 amide bonds. The minimum absolute atomic E-state index is 0.0335. The number of hydrogen-bond donors (Lipinski definition) is 3. The predicted molar refractivity (Wildman–Crippen MR) is 120 cm³/mol. The Morgan fingerprint density at radius 3 is 2.52 bits per heavy atom. The van der Waals surface area contributed by atoms with Crippen molar-refractivity contribution in [2.45, 2.75) is 4.90 Å². The summed E-state index contributed by atoms with van der Waals surface area (Å²) in [6, 6.07) is 17.7. The number of carbonyl (C=O) groups excluding carboxylic acids is 1. The normalized spacial score (nSPS) is 11.4. The molecule has 0 spiro atoms. The number of aromatic nitrogens is 6. The van der Waals surface area contributed by atoms with Crippen LogP contribution in [0.3, 0.4) is 0 Å². The van der Waals surface area contributed by atoms with E-state index in [9.17, 15) is 13.2 Å². The molecule has 5 aromatic rings. The Hall–Kier alpha value is -4.58. The molecular formula is C21H16N8O3S. The minimum Gasteiger partial charge on any atom is -0.322 e. The second-order valence-electron chi connectivity index (χ2n) is 7.00. The summed E-state index contributed by atoms with van der Waals surface area (Å²) in [5, 5.41) is 17.1. The van der Waals surface area contributed by atoms with E-state index in [0.29, 0.717) is 22.3 Å². The third kappa shape index (κ3) is 4.27. The van der Waals surface area contributed by atoms with Crippen molar-refractivity contribution in [3.63, 3.8) is 0 Å². The number of hydrogen-bond acceptors (Lipinski definition) is 7. The van der Waals surface area contributed by atoms with E-state index in [1.54, 1.807) is 59.5 Å². The summed E-state index contributed by atoms with van der Waals surface area (Å²) in [4.78, 5) is 16.6. The lowest BCUT2D eigenvalue weighted by Crippen LogP contribution is -2.15. The lowest BCUT2D eigenvalue weighted by molar-refractivity contribution is 0.102. The maximum Gasteiger partial charge on any atom is 0.261 e. The summed E-state index contributed by atoms with van der Waals surface area (Å²) < 4.78 is 29.7. The molecule has 2 aromatic heterocycles. The van der Waals surface area contributed by atoms with E-state index in [2.05, 4.69) is 35.5 Å². The van der Waals surface area contributed by atoms with Crippen LogP contribution in [0.15, 0.2) is 84.3 Å². The quantitative estimate of drug-likeness (QED) is 0.353. The number of anilines is 2. The molecule has 0 atom stereocenters. The van der Waals surface area contributed by atoms with Crippen LogP contribution >= 0.6 is 0 Å². The van der Waals surface area contributed by atoms with Gasteiger partial charge in [-0.1, -0.05) is 6.07 Å². The van der Waals surface area contributed by atoms with E-state index in [4.69, 9.17) is 0 Å². The number of aromatic amines is 1. The molecule has 0 saturated heterocycles. The highest BCUT2D eigenvalue weighted by Gasteiger charge is 2.17. The average molecular weight is 460 g/mol. The summed E-state index contributed by atoms with van der Waals surface area (Å²) in [5.74, 6) is -0.381. The number of H-pyrrole nitrogens is 1. The summed E-state index contributed by atoms with van der Waals surface area (Å²) in [6.45, 7) is 0. The Labute approximate surface area is 187 Å². The van der Waals surface area contributed by atoms with Crippen LogP contribution < -0.4 is 10.0 Å². The predicted octanol–water partition coefficient (Wildman–Crippen LogP) is 2.59. The van der Waals surface area contributed by atoms with Crippen LogP contribution in [-0.4, -0.2) is 44.5 Å². The topological polar surface area (TPSA) is 148 Å². The van der Waals surface area contributed by atoms with Crippen molar-refractivity contribution in [1.29, 1.82) is 0 Å². The first-order valence-corrected chi connectivity index (χ1v) is 11.2. The standard InChI is InChI=1S/C21H16N8O3S/c30-21(24-15-4-6-17(7-5-15)29-13-22-12-23-29)14-2-1-3-16(10-14)27-33(31,32)18-8-9-19-20(11-18)26-28-25-19/h1-13,27H,(H,24,30)(H,25,26,28). The summed E-state index contributed by atoms with van der Waals surface area (Å²) in [6.07, 6.45) is 3.01. The first-order chi connectivity index (χ1) is 16.0. The van der Waals surface area contributed by atoms with Crippen molar-refractivity contribution in [2.24, 2.45) is 0 Å². The number of fused-ring (bicyclic) bond motifs is 1. The van der Waals surface area contributed by atoms with Gasteiger partial charge in [-0.15, -0.1) is 0 Å². The number of nitrogens with one attached hydrogen (secondary N) is 3. The zero-order valence-electron chi connectivity index (χ0n) is 16.9. The molecule has 0 aliphatic rings. The molecule has 33 heavy (non-hydrogen) atoms. The lowest BCUT2D eigenvalue weighted by Gasteiger charge is -2.10. The van der Waals surface area contributed by atoms with Gasteiger partial charge in [0.25, 0.3) is 15.9 Å². The van der Waals surface area contributed by atoms with Gasteiger partial charge in [0.05, 0.1) is 10.6 Å². The monoisotopic (exact) mass is 460 g/mol. The number of sulfonamides is 1. The third-order valence-corrected chi connectivity index (χ3v) is 6.16. The fourth-order valence-corrected chi connectivity index (χ4v) is 4.24. The maximum absolute atomic E-state index is 12.8. The maximum atomic E-state index is 12.8. The van der Waals surface area contributed by atoms with Gasteiger partial charge in [-0.3, -0.25) is 9.52 Å². The first kappa shape index (κ1) is 20.3. The van der Waals surface area contributed by atoms with Crippen LogP contribution in [0.5, 0.6) is 0 Å². The molecule has 0 radical (unpaired) electrons. The van der Waals surface area contributed by atoms with E-state index in [0.717, 1.165) is 5.69 Å². The molecule has 0 aliphatic carbocycles. The van der Waals surface area contributed by atoms with E-state index < -0.39 is 10.0 Å². The van der Waals surface area contributed by atoms with Crippen LogP contribution in [-0.2, 0) is 10.0 Å². The fraction of sp³-hybridized carbons (Fsp3) is 0. The smallest absolute Gasteiger partial charge is 0.261 e. The SMILES string of the molecule is O=C(Nc1ccc(-n2cncn2)cc1)c1cccc(NS(=O)(=O)c2ccc3n[nH]nc3c2)c1. The summed E-state index contributed by atoms with van der Waals surface area (Å²) in [7, 11) is -3.89. The molecule has 0 unspecified atom stereocenters. The molecule has 3 aromatic carbocycles. The van der Waals surface area contributed by atoms with Crippen LogP contribution in [0.1, 0.15) is 10.4 Å². The van der Waals surface area contributed by atoms with Crippen LogP contribution in [0.25, 0.3) is 16.7 Å². The van der Waals surface area contributed by atoms with Crippen LogP contribution in [0.2, 0.25) is 0 Å². The molecule has 3 N–H and O–H groups in total. The van der Waals surface area contributed by atoms with Gasteiger partial charge >= 0.3 is 0 Å². The summed E-state index contributed by atoms with van der Waals surface area (Å²) >= 11 is 0. The average Bonchev–Trinajstić information content (AvgIpc) is 3.51. The molecular weight excluding hydrogens is 444 g/mol. The van der Waals surface area contributed by atoms with E-state index in [1.807, 2.05) is 0 Å². The van der Waals surface area contributed by atoms with Gasteiger partial charge in [0.1, 0.15) is 23.7 Å². The highest BCUT2D eigenvalue weighted by molar-refractivity contribution is 7.92. The van der Waals surface area contributed by atoms with E-state index in [1.165, 1.54) is 24.5 Å². The highest BCUT2D eigenvalue weighted by atomic mass is 32.2. The van der Waals surface area contributed by atoms with Crippen molar-refractivity contribution >= 4 is 38.3 Å². The van der Waals surface area contributed by atoms with Crippen molar-refractivity contribution in [3.8, 4) is 5.69 Å². The van der Waals surface area contributed by atoms with E-state index >= 15 is 0 Å². The molecule has 12 heteroatoms. The number of rotatable bonds is 6. The lowest BCUT2D eigenvalue weighted by atomic mass is 10.2. The largest absolute Gasteiger partial charge is 0.322 e. The Morgan fingerprint density at radius 2 is 1.73 bits per heavy atom. The third-order valence-electron chi connectivity index (χ3n) is 4.78. The van der Waals surface area contributed by atoms with Gasteiger partial charge in [-0.2, -0.15) is 20.5 Å². The van der Waals surface area contributed by atoms with Gasteiger partial charge in [0, 0.05) is 16.9 Å². The molecule has 5 rings (SSSR count). The first-order valence-electron chi connectivity index (χ1n) is 9.68. The van der Waals surface area contributed by atoms with Gasteiger partial charge in [-0.25, -0.2) is 18.1 Å². The van der Waals surface area contributed by atoms with Crippen molar-refractivity contribution < 1.29 is 13.2 Å². The Balaban J connectivity index is 1.31. The van der Waals surface area contributed by atoms with Crippen molar-refractivity contribution in [3.05, 3.63) is 84.9 Å². The Bertz CT molecular complexity index is 1540. The zero-order chi connectivity index (χ0) is 22.8. The van der Waals surface area contributed by atoms with Gasteiger partial charge in [0.15, 0.2) is 0 Å². The van der Waals surface area contributed by atoms with Crippen molar-refractivity contribution in [1.82, 2.24) is 30.2 Å². The second-order valence-corrected chi connectivity index (χ2v) is 8.68. The molecule has 11 nitrogen and oxygen atoms in total. The number of benzene rings is 3. The second kappa shape index (κ2) is 8.16. The van der Waals surface area contributed by atoms with Crippen LogP contribution in [0.4, 0.5) is 11.4 Å². The molecule has 0 bridgehead atoms. The number of carbonyl (C=O) groups is 1. The van der Waals surface area contributed by atoms with Gasteiger partial charge in [0.2, 0.25) is 0 Å². The number of nitrogens with zero attached hydrogens (tertiary/aromatic N) is 5. The Morgan fingerprint density at radius 1 is 0.909 bits per heavy atom. The molecule has 0 saturated carbocycles. The van der Waals surface area contributed by atoms with Crippen molar-refractivity contribution in [2.75, 3.05) is 10.0 Å². The number of amides is 1. The highest BCUT2D eigenvalue weighted by Crippen LogP contribution is 2.21. The molecule has 0 aliphatic heterocycles.